The number of hydrogen-bond acceptors (Lipinski definition) is 17. The molecule has 4 aliphatic heterocycles. The second-order valence-corrected chi connectivity index (χ2v) is 18.1. The minimum absolute atomic E-state index is 0.00811. The van der Waals surface area contributed by atoms with Crippen molar-refractivity contribution in [2.24, 2.45) is 10.8 Å². The molecule has 11 atom stereocenters. The van der Waals surface area contributed by atoms with Crippen molar-refractivity contribution in [1.82, 2.24) is 0 Å². The first kappa shape index (κ1) is 50.9. The molecule has 11 unspecified atom stereocenters. The van der Waals surface area contributed by atoms with E-state index in [2.05, 4.69) is 0 Å². The van der Waals surface area contributed by atoms with E-state index in [4.69, 9.17) is 37.9 Å². The molecule has 3 fully saturated rings. The van der Waals surface area contributed by atoms with Crippen molar-refractivity contribution in [2.75, 3.05) is 14.2 Å². The Bertz CT molecular complexity index is 1700. The SMILES string of the molecule is CCCC(=O)OC1CC2CC(O)CC(=O)OC(C(C)O)CC3C/C(=C\C(=O)OC)C(OC(=O)CCC)C(O)(O3)C(C)(C)/C=C/C3C/C(=C/C(=O)OC)CC(CC(O)(O2)C1(C)C)O3. The smallest absolute Gasteiger partial charge is 0.330 e. The molecule has 0 amide bonds. The predicted molar refractivity (Wildman–Crippen MR) is 219 cm³/mol. The summed E-state index contributed by atoms with van der Waals surface area (Å²) in [5.41, 5.74) is -1.95. The zero-order valence-electron chi connectivity index (χ0n) is 37.6. The van der Waals surface area contributed by atoms with Gasteiger partial charge >= 0.3 is 29.8 Å². The van der Waals surface area contributed by atoms with Crippen LogP contribution in [0.4, 0.5) is 0 Å². The Morgan fingerprint density at radius 2 is 1.47 bits per heavy atom. The highest BCUT2D eigenvalue weighted by atomic mass is 16.7. The maximum absolute atomic E-state index is 13.4. The Morgan fingerprint density at radius 3 is 2.08 bits per heavy atom. The number of ether oxygens (including phenoxy) is 8. The monoisotopic (exact) mass is 880 g/mol. The first-order valence-electron chi connectivity index (χ1n) is 21.6. The van der Waals surface area contributed by atoms with Gasteiger partial charge in [-0.25, -0.2) is 9.59 Å². The lowest BCUT2D eigenvalue weighted by Gasteiger charge is -2.53. The number of aliphatic hydroxyl groups is 4. The van der Waals surface area contributed by atoms with Crippen LogP contribution in [0.3, 0.4) is 0 Å². The summed E-state index contributed by atoms with van der Waals surface area (Å²) >= 11 is 0. The molecule has 4 aliphatic rings. The number of fused-ring (bicyclic) bond motifs is 6. The molecular weight excluding hydrogens is 812 g/mol. The summed E-state index contributed by atoms with van der Waals surface area (Å²) in [6, 6.07) is 0. The largest absolute Gasteiger partial charge is 0.466 e. The van der Waals surface area contributed by atoms with Gasteiger partial charge in [-0.1, -0.05) is 59.3 Å². The Kier molecular flexibility index (Phi) is 17.5. The molecule has 0 aliphatic carbocycles. The lowest BCUT2D eigenvalue weighted by Crippen LogP contribution is -2.62. The second-order valence-electron chi connectivity index (χ2n) is 18.1. The first-order valence-corrected chi connectivity index (χ1v) is 21.6. The van der Waals surface area contributed by atoms with Crippen LogP contribution < -0.4 is 0 Å². The van der Waals surface area contributed by atoms with Gasteiger partial charge in [-0.2, -0.15) is 0 Å². The molecule has 4 rings (SSSR count). The van der Waals surface area contributed by atoms with E-state index < -0.39 is 114 Å². The van der Waals surface area contributed by atoms with Crippen molar-refractivity contribution in [3.63, 3.8) is 0 Å². The van der Waals surface area contributed by atoms with E-state index in [1.165, 1.54) is 27.2 Å². The van der Waals surface area contributed by atoms with Crippen LogP contribution in [-0.2, 0) is 61.9 Å². The van der Waals surface area contributed by atoms with Crippen LogP contribution >= 0.6 is 0 Å². The topological polar surface area (TPSA) is 240 Å². The summed E-state index contributed by atoms with van der Waals surface area (Å²) in [5, 5.41) is 47.5. The maximum atomic E-state index is 13.4. The minimum atomic E-state index is -2.41. The molecule has 0 saturated carbocycles. The third-order valence-electron chi connectivity index (χ3n) is 12.3. The van der Waals surface area contributed by atoms with Gasteiger partial charge in [0.15, 0.2) is 11.9 Å². The number of carbonyl (C=O) groups is 5. The molecule has 17 heteroatoms. The van der Waals surface area contributed by atoms with Gasteiger partial charge < -0.3 is 58.3 Å². The molecule has 62 heavy (non-hydrogen) atoms. The average molecular weight is 881 g/mol. The molecule has 0 radical (unpaired) electrons. The van der Waals surface area contributed by atoms with Gasteiger partial charge in [-0.05, 0) is 44.6 Å². The number of carbonyl (C=O) groups excluding carboxylic acids is 5. The van der Waals surface area contributed by atoms with E-state index >= 15 is 0 Å². The average Bonchev–Trinajstić information content (AvgIpc) is 3.16. The van der Waals surface area contributed by atoms with Crippen molar-refractivity contribution >= 4 is 29.8 Å². The predicted octanol–water partition coefficient (Wildman–Crippen LogP) is 3.95. The number of cyclic esters (lactones) is 1. The van der Waals surface area contributed by atoms with Crippen molar-refractivity contribution in [1.29, 1.82) is 0 Å². The Labute approximate surface area is 364 Å². The van der Waals surface area contributed by atoms with E-state index in [9.17, 15) is 44.4 Å². The van der Waals surface area contributed by atoms with Crippen LogP contribution in [-0.4, -0.2) is 131 Å². The lowest BCUT2D eigenvalue weighted by molar-refractivity contribution is -0.348. The summed E-state index contributed by atoms with van der Waals surface area (Å²) in [5.74, 6) is -7.88. The van der Waals surface area contributed by atoms with Gasteiger partial charge in [0.1, 0.15) is 12.2 Å². The van der Waals surface area contributed by atoms with Gasteiger partial charge in [-0.15, -0.1) is 0 Å². The summed E-state index contributed by atoms with van der Waals surface area (Å²) in [7, 11) is 2.42. The van der Waals surface area contributed by atoms with Crippen LogP contribution in [0.1, 0.15) is 126 Å². The van der Waals surface area contributed by atoms with Gasteiger partial charge in [0, 0.05) is 56.1 Å². The van der Waals surface area contributed by atoms with Crippen LogP contribution in [0.25, 0.3) is 0 Å². The number of rotatable bonds is 9. The van der Waals surface area contributed by atoms with E-state index in [0.29, 0.717) is 18.4 Å². The molecule has 4 heterocycles. The highest BCUT2D eigenvalue weighted by molar-refractivity contribution is 5.83. The molecule has 6 bridgehead atoms. The summed E-state index contributed by atoms with van der Waals surface area (Å²) in [6.45, 7) is 11.7. The van der Waals surface area contributed by atoms with Crippen LogP contribution in [0.2, 0.25) is 0 Å². The summed E-state index contributed by atoms with van der Waals surface area (Å²) in [4.78, 5) is 64.8. The van der Waals surface area contributed by atoms with Gasteiger partial charge in [0.25, 0.3) is 0 Å². The molecule has 0 aromatic carbocycles. The Morgan fingerprint density at radius 1 is 0.839 bits per heavy atom. The highest BCUT2D eigenvalue weighted by Crippen LogP contribution is 2.50. The van der Waals surface area contributed by atoms with Crippen molar-refractivity contribution in [2.45, 2.75) is 192 Å². The molecule has 17 nitrogen and oxygen atoms in total. The normalized spacial score (nSPS) is 36.3. The Hall–Kier alpha value is -3.71. The lowest BCUT2D eigenvalue weighted by atomic mass is 9.70. The zero-order valence-corrected chi connectivity index (χ0v) is 37.6. The molecular formula is C45H68O17. The van der Waals surface area contributed by atoms with Gasteiger partial charge in [0.05, 0.1) is 62.7 Å². The van der Waals surface area contributed by atoms with Gasteiger partial charge in [-0.3, -0.25) is 14.4 Å². The summed E-state index contributed by atoms with van der Waals surface area (Å²) in [6.07, 6.45) is -3.83. The van der Waals surface area contributed by atoms with Crippen LogP contribution in [0.5, 0.6) is 0 Å². The van der Waals surface area contributed by atoms with Crippen LogP contribution in [0.15, 0.2) is 35.5 Å². The number of methoxy groups -OCH3 is 2. The fourth-order valence-corrected chi connectivity index (χ4v) is 8.56. The van der Waals surface area contributed by atoms with E-state index in [0.717, 1.165) is 6.08 Å². The molecule has 0 aromatic heterocycles. The van der Waals surface area contributed by atoms with Crippen molar-refractivity contribution < 1.29 is 82.3 Å². The number of esters is 5. The fourth-order valence-electron chi connectivity index (χ4n) is 8.56. The Balaban J connectivity index is 1.89. The van der Waals surface area contributed by atoms with E-state index in [1.54, 1.807) is 46.8 Å². The third-order valence-corrected chi connectivity index (χ3v) is 12.3. The van der Waals surface area contributed by atoms with E-state index in [1.807, 2.05) is 6.92 Å². The molecule has 0 aromatic rings. The standard InChI is InChI=1S/C45H68O17/c1-10-12-36(48)59-35-24-32-21-29(47)22-40(52)58-34(26(3)46)23-31-19-28(20-39(51)56-9)41(60-37(49)13-11-2)45(54,62-31)42(4,5)15-14-30-16-27(18-38(50)55-8)17-33(57-30)25-44(53,61-32)43(35,6)7/h14-15,18,20,26,29-35,41,46-47,53-54H,10-13,16-17,19,21-25H2,1-9H3/b15-14+,27-18-,28-20+. The number of aliphatic hydroxyl groups excluding tert-OH is 2. The van der Waals surface area contributed by atoms with Gasteiger partial charge in [0.2, 0.25) is 5.79 Å². The summed E-state index contributed by atoms with van der Waals surface area (Å²) < 4.78 is 46.9. The highest BCUT2D eigenvalue weighted by Gasteiger charge is 2.59. The first-order chi connectivity index (χ1) is 29.0. The van der Waals surface area contributed by atoms with Crippen molar-refractivity contribution in [3.8, 4) is 0 Å². The maximum Gasteiger partial charge on any atom is 0.330 e. The fraction of sp³-hybridized carbons (Fsp3) is 0.756. The van der Waals surface area contributed by atoms with E-state index in [-0.39, 0.29) is 63.4 Å². The van der Waals surface area contributed by atoms with Crippen molar-refractivity contribution in [3.05, 3.63) is 35.5 Å². The second kappa shape index (κ2) is 21.3. The quantitative estimate of drug-likeness (QED) is 0.111. The third kappa shape index (κ3) is 12.5. The molecule has 4 N–H and O–H groups in total. The number of hydrogen-bond donors (Lipinski definition) is 4. The van der Waals surface area contributed by atoms with Crippen LogP contribution in [0, 0.1) is 10.8 Å². The molecule has 350 valence electrons. The molecule has 0 spiro atoms. The zero-order chi connectivity index (χ0) is 46.2. The minimum Gasteiger partial charge on any atom is -0.466 e. The molecule has 3 saturated heterocycles.